The number of amides is 2. The van der Waals surface area contributed by atoms with E-state index in [9.17, 15) is 9.59 Å². The molecule has 0 bridgehead atoms. The van der Waals surface area contributed by atoms with Gasteiger partial charge >= 0.3 is 0 Å². The molecule has 0 spiro atoms. The van der Waals surface area contributed by atoms with Crippen molar-refractivity contribution in [1.29, 1.82) is 0 Å². The molecule has 4 heteroatoms. The fourth-order valence-electron chi connectivity index (χ4n) is 1.33. The summed E-state index contributed by atoms with van der Waals surface area (Å²) in [5.74, 6) is -0.474. The molecule has 4 nitrogen and oxygen atoms in total. The fraction of sp³-hybridized carbons (Fsp3) is 0.333. The van der Waals surface area contributed by atoms with Crippen molar-refractivity contribution in [2.45, 2.75) is 25.8 Å². The van der Waals surface area contributed by atoms with E-state index in [1.807, 2.05) is 25.1 Å². The number of carbonyl (C=O) groups excluding carboxylic acids is 2. The molecular formula is C12H16N2O2. The zero-order valence-electron chi connectivity index (χ0n) is 9.27. The van der Waals surface area contributed by atoms with Crippen molar-refractivity contribution in [2.75, 3.05) is 0 Å². The summed E-state index contributed by atoms with van der Waals surface area (Å²) < 4.78 is 0. The SMILES string of the molecule is CC(CCC(N)=O)NC(=O)c1ccccc1. The molecule has 0 heterocycles. The van der Waals surface area contributed by atoms with E-state index in [2.05, 4.69) is 5.32 Å². The van der Waals surface area contributed by atoms with Crippen molar-refractivity contribution in [1.82, 2.24) is 5.32 Å². The normalized spacial score (nSPS) is 11.8. The van der Waals surface area contributed by atoms with Gasteiger partial charge in [0, 0.05) is 18.0 Å². The van der Waals surface area contributed by atoms with Crippen LogP contribution in [0, 0.1) is 0 Å². The first-order valence-corrected chi connectivity index (χ1v) is 5.24. The van der Waals surface area contributed by atoms with Gasteiger partial charge in [0.1, 0.15) is 0 Å². The average Bonchev–Trinajstić information content (AvgIpc) is 2.27. The van der Waals surface area contributed by atoms with Gasteiger partial charge in [0.15, 0.2) is 0 Å². The summed E-state index contributed by atoms with van der Waals surface area (Å²) in [6.07, 6.45) is 0.851. The zero-order chi connectivity index (χ0) is 12.0. The number of benzene rings is 1. The molecule has 2 amide bonds. The Bertz CT molecular complexity index is 363. The minimum atomic E-state index is -0.346. The minimum Gasteiger partial charge on any atom is -0.370 e. The maximum Gasteiger partial charge on any atom is 0.251 e. The Morgan fingerprint density at radius 1 is 1.31 bits per heavy atom. The Labute approximate surface area is 94.8 Å². The number of hydrogen-bond donors (Lipinski definition) is 2. The van der Waals surface area contributed by atoms with Crippen molar-refractivity contribution >= 4 is 11.8 Å². The third-order valence-electron chi connectivity index (χ3n) is 2.24. The second-order valence-corrected chi connectivity index (χ2v) is 3.75. The van der Waals surface area contributed by atoms with Crippen LogP contribution in [0.1, 0.15) is 30.1 Å². The highest BCUT2D eigenvalue weighted by molar-refractivity contribution is 5.94. The van der Waals surface area contributed by atoms with Gasteiger partial charge in [-0.2, -0.15) is 0 Å². The number of hydrogen-bond acceptors (Lipinski definition) is 2. The van der Waals surface area contributed by atoms with Crippen molar-refractivity contribution < 1.29 is 9.59 Å². The van der Waals surface area contributed by atoms with Crippen molar-refractivity contribution in [2.24, 2.45) is 5.73 Å². The summed E-state index contributed by atoms with van der Waals surface area (Å²) >= 11 is 0. The summed E-state index contributed by atoms with van der Waals surface area (Å²) in [5, 5.41) is 2.80. The number of nitrogens with two attached hydrogens (primary N) is 1. The van der Waals surface area contributed by atoms with Crippen molar-refractivity contribution in [3.63, 3.8) is 0 Å². The van der Waals surface area contributed by atoms with Crippen LogP contribution in [-0.2, 0) is 4.79 Å². The Kier molecular flexibility index (Phi) is 4.51. The van der Waals surface area contributed by atoms with E-state index in [0.29, 0.717) is 12.0 Å². The van der Waals surface area contributed by atoms with Gasteiger partial charge in [-0.15, -0.1) is 0 Å². The molecule has 1 unspecified atom stereocenters. The highest BCUT2D eigenvalue weighted by Crippen LogP contribution is 2.01. The standard InChI is InChI=1S/C12H16N2O2/c1-9(7-8-11(13)15)14-12(16)10-5-3-2-4-6-10/h2-6,9H,7-8H2,1H3,(H2,13,15)(H,14,16). The van der Waals surface area contributed by atoms with Gasteiger partial charge in [-0.25, -0.2) is 0 Å². The zero-order valence-corrected chi connectivity index (χ0v) is 9.27. The smallest absolute Gasteiger partial charge is 0.251 e. The Balaban J connectivity index is 2.43. The van der Waals surface area contributed by atoms with Gasteiger partial charge in [-0.1, -0.05) is 18.2 Å². The molecule has 0 aliphatic carbocycles. The third kappa shape index (κ3) is 4.13. The van der Waals surface area contributed by atoms with E-state index in [4.69, 9.17) is 5.73 Å². The number of rotatable bonds is 5. The van der Waals surface area contributed by atoms with Gasteiger partial charge in [0.05, 0.1) is 0 Å². The predicted octanol–water partition coefficient (Wildman–Crippen LogP) is 1.07. The third-order valence-corrected chi connectivity index (χ3v) is 2.24. The average molecular weight is 220 g/mol. The molecule has 0 aliphatic rings. The van der Waals surface area contributed by atoms with Crippen LogP contribution in [0.4, 0.5) is 0 Å². The van der Waals surface area contributed by atoms with E-state index >= 15 is 0 Å². The van der Waals surface area contributed by atoms with Gasteiger partial charge in [0.25, 0.3) is 5.91 Å². The first kappa shape index (κ1) is 12.2. The Hall–Kier alpha value is -1.84. The fourth-order valence-corrected chi connectivity index (χ4v) is 1.33. The molecule has 0 aliphatic heterocycles. The van der Waals surface area contributed by atoms with E-state index < -0.39 is 0 Å². The quantitative estimate of drug-likeness (QED) is 0.779. The first-order chi connectivity index (χ1) is 7.59. The largest absolute Gasteiger partial charge is 0.370 e. The van der Waals surface area contributed by atoms with Crippen LogP contribution in [-0.4, -0.2) is 17.9 Å². The molecule has 16 heavy (non-hydrogen) atoms. The lowest BCUT2D eigenvalue weighted by Gasteiger charge is -2.12. The Morgan fingerprint density at radius 2 is 1.94 bits per heavy atom. The van der Waals surface area contributed by atoms with Crippen LogP contribution in [0.25, 0.3) is 0 Å². The molecule has 1 atom stereocenters. The number of primary amides is 1. The van der Waals surface area contributed by atoms with Gasteiger partial charge in [-0.05, 0) is 25.5 Å². The van der Waals surface area contributed by atoms with Crippen LogP contribution in [0.15, 0.2) is 30.3 Å². The van der Waals surface area contributed by atoms with Crippen LogP contribution in [0.2, 0.25) is 0 Å². The van der Waals surface area contributed by atoms with E-state index in [1.54, 1.807) is 12.1 Å². The highest BCUT2D eigenvalue weighted by atomic mass is 16.2. The summed E-state index contributed by atoms with van der Waals surface area (Å²) in [4.78, 5) is 22.2. The van der Waals surface area contributed by atoms with Crippen LogP contribution in [0.3, 0.4) is 0 Å². The molecule has 1 aromatic carbocycles. The van der Waals surface area contributed by atoms with E-state index in [0.717, 1.165) is 0 Å². The minimum absolute atomic E-state index is 0.0554. The van der Waals surface area contributed by atoms with Crippen molar-refractivity contribution in [3.8, 4) is 0 Å². The van der Waals surface area contributed by atoms with Gasteiger partial charge in [-0.3, -0.25) is 9.59 Å². The number of nitrogens with one attached hydrogen (secondary N) is 1. The van der Waals surface area contributed by atoms with Crippen LogP contribution in [0.5, 0.6) is 0 Å². The number of carbonyl (C=O) groups is 2. The molecule has 0 fully saturated rings. The van der Waals surface area contributed by atoms with Crippen LogP contribution < -0.4 is 11.1 Å². The molecule has 1 aromatic rings. The molecular weight excluding hydrogens is 204 g/mol. The predicted molar refractivity (Wildman–Crippen MR) is 61.8 cm³/mol. The van der Waals surface area contributed by atoms with Gasteiger partial charge < -0.3 is 11.1 Å². The molecule has 3 N–H and O–H groups in total. The first-order valence-electron chi connectivity index (χ1n) is 5.24. The Morgan fingerprint density at radius 3 is 2.50 bits per heavy atom. The maximum atomic E-state index is 11.7. The van der Waals surface area contributed by atoms with Gasteiger partial charge in [0.2, 0.25) is 5.91 Å². The molecule has 0 saturated carbocycles. The summed E-state index contributed by atoms with van der Waals surface area (Å²) in [6.45, 7) is 1.85. The maximum absolute atomic E-state index is 11.7. The molecule has 0 saturated heterocycles. The molecule has 0 radical (unpaired) electrons. The van der Waals surface area contributed by atoms with E-state index in [-0.39, 0.29) is 24.3 Å². The second-order valence-electron chi connectivity index (χ2n) is 3.75. The van der Waals surface area contributed by atoms with E-state index in [1.165, 1.54) is 0 Å². The molecule has 86 valence electrons. The summed E-state index contributed by atoms with van der Waals surface area (Å²) in [5.41, 5.74) is 5.65. The van der Waals surface area contributed by atoms with Crippen molar-refractivity contribution in [3.05, 3.63) is 35.9 Å². The highest BCUT2D eigenvalue weighted by Gasteiger charge is 2.09. The topological polar surface area (TPSA) is 72.2 Å². The lowest BCUT2D eigenvalue weighted by molar-refractivity contribution is -0.118. The lowest BCUT2D eigenvalue weighted by Crippen LogP contribution is -2.33. The van der Waals surface area contributed by atoms with Crippen LogP contribution >= 0.6 is 0 Å². The monoisotopic (exact) mass is 220 g/mol. The second kappa shape index (κ2) is 5.90. The molecule has 1 rings (SSSR count). The summed E-state index contributed by atoms with van der Waals surface area (Å²) in [7, 11) is 0. The molecule has 0 aromatic heterocycles. The lowest BCUT2D eigenvalue weighted by atomic mass is 10.1. The summed E-state index contributed by atoms with van der Waals surface area (Å²) in [6, 6.07) is 8.91.